The van der Waals surface area contributed by atoms with Crippen LogP contribution in [-0.4, -0.2) is 16.7 Å². The van der Waals surface area contributed by atoms with Crippen LogP contribution < -0.4 is 4.74 Å². The van der Waals surface area contributed by atoms with Crippen molar-refractivity contribution in [3.8, 4) is 5.75 Å². The summed E-state index contributed by atoms with van der Waals surface area (Å²) in [5.74, 6) is -0.105. The maximum Gasteiger partial charge on any atom is 0.178 e. The molecule has 19 heavy (non-hydrogen) atoms. The summed E-state index contributed by atoms with van der Waals surface area (Å²) in [6.07, 6.45) is 3.65. The predicted octanol–water partition coefficient (Wildman–Crippen LogP) is 4.04. The first-order valence-electron chi connectivity index (χ1n) is 6.54. The minimum Gasteiger partial charge on any atom is -0.494 e. The molecule has 3 rings (SSSR count). The van der Waals surface area contributed by atoms with E-state index in [1.54, 1.807) is 6.07 Å². The Balaban J connectivity index is 2.13. The summed E-state index contributed by atoms with van der Waals surface area (Å²) in [4.78, 5) is 3.08. The number of H-pyrrole nitrogens is 1. The number of fused-ring (bicyclic) bond motifs is 1. The van der Waals surface area contributed by atoms with E-state index >= 15 is 0 Å². The van der Waals surface area contributed by atoms with Crippen molar-refractivity contribution in [1.82, 2.24) is 9.55 Å². The molecule has 1 N–H and O–H groups in total. The summed E-state index contributed by atoms with van der Waals surface area (Å²) in [5, 5.41) is 0. The first-order chi connectivity index (χ1) is 9.08. The van der Waals surface area contributed by atoms with Gasteiger partial charge in [0.2, 0.25) is 0 Å². The van der Waals surface area contributed by atoms with Crippen molar-refractivity contribution in [2.24, 2.45) is 5.41 Å². The molecule has 1 aromatic carbocycles. The first-order valence-corrected chi connectivity index (χ1v) is 6.95. The van der Waals surface area contributed by atoms with E-state index in [2.05, 4.69) is 16.5 Å². The van der Waals surface area contributed by atoms with E-state index in [0.717, 1.165) is 24.0 Å². The van der Waals surface area contributed by atoms with Crippen LogP contribution in [0.25, 0.3) is 11.0 Å². The normalized spacial score (nSPS) is 16.8. The number of rotatable bonds is 4. The van der Waals surface area contributed by atoms with Crippen LogP contribution >= 0.6 is 12.2 Å². The average molecular weight is 280 g/mol. The van der Waals surface area contributed by atoms with Crippen LogP contribution in [0.4, 0.5) is 4.39 Å². The highest BCUT2D eigenvalue weighted by Gasteiger charge is 2.41. The van der Waals surface area contributed by atoms with Crippen LogP contribution in [-0.2, 0) is 6.54 Å². The molecule has 1 heterocycles. The summed E-state index contributed by atoms with van der Waals surface area (Å²) in [6, 6.07) is 3.18. The SMILES string of the molecule is CCC1(Cn2c(=S)[nH]c3cc(F)c(OC)cc32)CC1. The molecule has 0 amide bonds. The average Bonchev–Trinajstić information content (AvgIpc) is 3.11. The number of hydrogen-bond acceptors (Lipinski definition) is 2. The predicted molar refractivity (Wildman–Crippen MR) is 75.6 cm³/mol. The van der Waals surface area contributed by atoms with Gasteiger partial charge >= 0.3 is 0 Å². The number of nitrogens with one attached hydrogen (secondary N) is 1. The van der Waals surface area contributed by atoms with Gasteiger partial charge in [-0.2, -0.15) is 0 Å². The number of methoxy groups -OCH3 is 1. The zero-order valence-electron chi connectivity index (χ0n) is 11.1. The van der Waals surface area contributed by atoms with Gasteiger partial charge in [0, 0.05) is 18.7 Å². The highest BCUT2D eigenvalue weighted by molar-refractivity contribution is 7.71. The molecule has 2 aromatic rings. The maximum absolute atomic E-state index is 13.7. The van der Waals surface area contributed by atoms with Gasteiger partial charge < -0.3 is 14.3 Å². The number of hydrogen-bond donors (Lipinski definition) is 1. The number of ether oxygens (including phenoxy) is 1. The lowest BCUT2D eigenvalue weighted by Crippen LogP contribution is -2.10. The molecular weight excluding hydrogens is 263 g/mol. The molecule has 0 radical (unpaired) electrons. The second kappa shape index (κ2) is 4.34. The van der Waals surface area contributed by atoms with Gasteiger partial charge in [-0.1, -0.05) is 6.92 Å². The Hall–Kier alpha value is -1.36. The van der Waals surface area contributed by atoms with Crippen molar-refractivity contribution in [3.05, 3.63) is 22.7 Å². The molecule has 1 fully saturated rings. The Kier molecular flexibility index (Phi) is 2.89. The second-order valence-corrected chi connectivity index (χ2v) is 5.76. The van der Waals surface area contributed by atoms with Crippen molar-refractivity contribution in [2.45, 2.75) is 32.7 Å². The minimum atomic E-state index is -0.366. The van der Waals surface area contributed by atoms with Gasteiger partial charge in [-0.15, -0.1) is 0 Å². The molecule has 0 atom stereocenters. The molecule has 1 saturated carbocycles. The monoisotopic (exact) mass is 280 g/mol. The zero-order valence-corrected chi connectivity index (χ0v) is 11.9. The Morgan fingerprint density at radius 1 is 1.47 bits per heavy atom. The molecule has 0 aliphatic heterocycles. The van der Waals surface area contributed by atoms with E-state index in [9.17, 15) is 4.39 Å². The molecule has 0 spiro atoms. The molecule has 1 aliphatic carbocycles. The van der Waals surface area contributed by atoms with Crippen LogP contribution in [0, 0.1) is 16.0 Å². The van der Waals surface area contributed by atoms with E-state index in [1.165, 1.54) is 26.0 Å². The second-order valence-electron chi connectivity index (χ2n) is 5.37. The number of aromatic nitrogens is 2. The van der Waals surface area contributed by atoms with Gasteiger partial charge in [-0.25, -0.2) is 4.39 Å². The van der Waals surface area contributed by atoms with Crippen molar-refractivity contribution in [1.29, 1.82) is 0 Å². The van der Waals surface area contributed by atoms with E-state index < -0.39 is 0 Å². The molecule has 1 aliphatic rings. The summed E-state index contributed by atoms with van der Waals surface area (Å²) in [5.41, 5.74) is 2.03. The largest absolute Gasteiger partial charge is 0.494 e. The van der Waals surface area contributed by atoms with Crippen LogP contribution in [0.15, 0.2) is 12.1 Å². The minimum absolute atomic E-state index is 0.261. The molecule has 1 aromatic heterocycles. The van der Waals surface area contributed by atoms with Crippen molar-refractivity contribution < 1.29 is 9.13 Å². The fraction of sp³-hybridized carbons (Fsp3) is 0.500. The van der Waals surface area contributed by atoms with Gasteiger partial charge in [0.15, 0.2) is 16.3 Å². The van der Waals surface area contributed by atoms with Gasteiger partial charge in [0.25, 0.3) is 0 Å². The zero-order chi connectivity index (χ0) is 13.6. The molecular formula is C14H17FN2OS. The Labute approximate surface area is 116 Å². The lowest BCUT2D eigenvalue weighted by molar-refractivity contribution is 0.386. The molecule has 3 nitrogen and oxygen atoms in total. The van der Waals surface area contributed by atoms with E-state index in [-0.39, 0.29) is 11.6 Å². The lowest BCUT2D eigenvalue weighted by Gasteiger charge is -2.14. The highest BCUT2D eigenvalue weighted by atomic mass is 32.1. The molecule has 0 unspecified atom stereocenters. The third-order valence-electron chi connectivity index (χ3n) is 4.25. The number of halogens is 1. The topological polar surface area (TPSA) is 29.9 Å². The number of benzene rings is 1. The first kappa shape index (κ1) is 12.7. The summed E-state index contributed by atoms with van der Waals surface area (Å²) in [7, 11) is 1.48. The number of aromatic amines is 1. The fourth-order valence-electron chi connectivity index (χ4n) is 2.61. The van der Waals surface area contributed by atoms with Crippen LogP contribution in [0.1, 0.15) is 26.2 Å². The highest BCUT2D eigenvalue weighted by Crippen LogP contribution is 2.50. The van der Waals surface area contributed by atoms with E-state index in [1.807, 2.05) is 0 Å². The maximum atomic E-state index is 13.7. The van der Waals surface area contributed by atoms with Crippen LogP contribution in [0.3, 0.4) is 0 Å². The van der Waals surface area contributed by atoms with Crippen molar-refractivity contribution in [3.63, 3.8) is 0 Å². The van der Waals surface area contributed by atoms with Gasteiger partial charge in [0.1, 0.15) is 0 Å². The van der Waals surface area contributed by atoms with E-state index in [0.29, 0.717) is 10.2 Å². The molecule has 0 saturated heterocycles. The number of nitrogens with zero attached hydrogens (tertiary/aromatic N) is 1. The Bertz CT molecular complexity index is 685. The quantitative estimate of drug-likeness (QED) is 0.857. The summed E-state index contributed by atoms with van der Waals surface area (Å²) >= 11 is 5.36. The molecule has 5 heteroatoms. The Morgan fingerprint density at radius 3 is 2.79 bits per heavy atom. The van der Waals surface area contributed by atoms with Gasteiger partial charge in [-0.05, 0) is 36.9 Å². The third kappa shape index (κ3) is 2.06. The Morgan fingerprint density at radius 2 is 2.21 bits per heavy atom. The van der Waals surface area contributed by atoms with Crippen molar-refractivity contribution in [2.75, 3.05) is 7.11 Å². The summed E-state index contributed by atoms with van der Waals surface area (Å²) < 4.78 is 21.5. The summed E-state index contributed by atoms with van der Waals surface area (Å²) in [6.45, 7) is 3.11. The lowest BCUT2D eigenvalue weighted by atomic mass is 10.0. The number of imidazole rings is 1. The standard InChI is InChI=1S/C14H17FN2OS/c1-3-14(4-5-14)8-17-11-7-12(18-2)9(15)6-10(11)16-13(17)19/h6-7H,3-5,8H2,1-2H3,(H,16,19). The van der Waals surface area contributed by atoms with Crippen LogP contribution in [0.2, 0.25) is 0 Å². The van der Waals surface area contributed by atoms with Crippen molar-refractivity contribution >= 4 is 23.3 Å². The molecule has 102 valence electrons. The van der Waals surface area contributed by atoms with Crippen LogP contribution in [0.5, 0.6) is 5.75 Å². The van der Waals surface area contributed by atoms with Gasteiger partial charge in [0.05, 0.1) is 18.1 Å². The van der Waals surface area contributed by atoms with E-state index in [4.69, 9.17) is 17.0 Å². The molecule has 0 bridgehead atoms. The smallest absolute Gasteiger partial charge is 0.178 e. The fourth-order valence-corrected chi connectivity index (χ4v) is 2.88. The van der Waals surface area contributed by atoms with Gasteiger partial charge in [-0.3, -0.25) is 0 Å². The third-order valence-corrected chi connectivity index (χ3v) is 4.57.